The molecule has 2 rings (SSSR count). The number of hydrogen-bond acceptors (Lipinski definition) is 0. The van der Waals surface area contributed by atoms with Crippen LogP contribution in [0.15, 0.2) is 42.5 Å². The smallest absolute Gasteiger partial charge is 1.00 e. The summed E-state index contributed by atoms with van der Waals surface area (Å²) in [5.74, 6) is 0. The summed E-state index contributed by atoms with van der Waals surface area (Å²) >= 11 is -0.364. The van der Waals surface area contributed by atoms with Crippen molar-refractivity contribution < 1.29 is 48.0 Å². The zero-order valence-corrected chi connectivity index (χ0v) is 12.7. The quantitative estimate of drug-likeness (QED) is 0.541. The van der Waals surface area contributed by atoms with Gasteiger partial charge >= 0.3 is 91.9 Å². The fourth-order valence-electron chi connectivity index (χ4n) is 1.75. The molecule has 2 aliphatic carbocycles. The van der Waals surface area contributed by atoms with Gasteiger partial charge in [-0.15, -0.1) is 0 Å². The Morgan fingerprint density at radius 3 is 2.60 bits per heavy atom. The second-order valence-corrected chi connectivity index (χ2v) is 7.09. The van der Waals surface area contributed by atoms with Crippen LogP contribution in [0.5, 0.6) is 0 Å². The molecule has 0 radical (unpaired) electrons. The number of rotatable bonds is 3. The van der Waals surface area contributed by atoms with Crippen LogP contribution in [-0.4, -0.2) is 0 Å². The molecule has 0 aliphatic heterocycles. The molecule has 0 spiro atoms. The van der Waals surface area contributed by atoms with Gasteiger partial charge in [0.15, 0.2) is 0 Å². The maximum atomic E-state index is 2.34. The van der Waals surface area contributed by atoms with Crippen molar-refractivity contribution in [2.75, 3.05) is 0 Å². The van der Waals surface area contributed by atoms with Crippen LogP contribution in [-0.2, 0) is 23.2 Å². The second kappa shape index (κ2) is 7.66. The molecule has 0 unspecified atom stereocenters. The predicted octanol–water partition coefficient (Wildman–Crippen LogP) is -2.46. The van der Waals surface area contributed by atoms with Crippen molar-refractivity contribution in [3.8, 4) is 0 Å². The summed E-state index contributed by atoms with van der Waals surface area (Å²) in [4.78, 5) is 0. The van der Waals surface area contributed by atoms with Crippen molar-refractivity contribution in [1.29, 1.82) is 0 Å². The van der Waals surface area contributed by atoms with Gasteiger partial charge in [-0.3, -0.25) is 0 Å². The molecule has 0 aromatic rings. The van der Waals surface area contributed by atoms with Crippen LogP contribution in [0.2, 0.25) is 0 Å². The summed E-state index contributed by atoms with van der Waals surface area (Å²) in [5, 5.41) is 0. The molecule has 0 fully saturated rings. The fraction of sp³-hybridized carbons (Fsp3) is 0.333. The van der Waals surface area contributed by atoms with Gasteiger partial charge in [0.25, 0.3) is 0 Å². The van der Waals surface area contributed by atoms with Crippen LogP contribution in [0.25, 0.3) is 0 Å². The first-order valence-corrected chi connectivity index (χ1v) is 7.37. The van der Waals surface area contributed by atoms with Gasteiger partial charge in [-0.05, 0) is 0 Å². The molecule has 0 atom stereocenters. The molecule has 15 heavy (non-hydrogen) atoms. The first kappa shape index (κ1) is 15.4. The minimum atomic E-state index is -0.364. The Morgan fingerprint density at radius 2 is 2.00 bits per heavy atom. The van der Waals surface area contributed by atoms with Gasteiger partial charge < -0.3 is 24.8 Å². The molecule has 0 amide bonds. The van der Waals surface area contributed by atoms with E-state index in [2.05, 4.69) is 37.3 Å². The standard InChI is InChI=1S/C7H9.C5H5.2ClH.Zr/c1-2-7-5-3-4-6-7;1-2-4-5-3-1;;;/h3,5H,2,4H2,1H3;1-3H,4H2;2*1H;/q;;;;+2/p-2. The average Bonchev–Trinajstić information content (AvgIpc) is 2.76. The molecule has 0 aromatic carbocycles. The largest absolute Gasteiger partial charge is 1.00 e. The van der Waals surface area contributed by atoms with Gasteiger partial charge in [0.05, 0.1) is 0 Å². The Balaban J connectivity index is 0.000000980. The van der Waals surface area contributed by atoms with Gasteiger partial charge in [-0.1, -0.05) is 0 Å². The maximum absolute atomic E-state index is 2.34. The van der Waals surface area contributed by atoms with Gasteiger partial charge in [-0.25, -0.2) is 0 Å². The van der Waals surface area contributed by atoms with Crippen molar-refractivity contribution >= 4 is 0 Å². The Kier molecular flexibility index (Phi) is 7.87. The van der Waals surface area contributed by atoms with Crippen molar-refractivity contribution in [2.45, 2.75) is 26.2 Å². The summed E-state index contributed by atoms with van der Waals surface area (Å²) in [5.41, 5.74) is 1.64. The third-order valence-electron chi connectivity index (χ3n) is 2.49. The average molecular weight is 320 g/mol. The molecule has 0 N–H and O–H groups in total. The molecular weight excluding hydrogens is 306 g/mol. The number of hydrogen-bond donors (Lipinski definition) is 0. The molecule has 0 saturated heterocycles. The Bertz CT molecular complexity index is 325. The maximum Gasteiger partial charge on any atom is -1.00 e. The molecule has 3 heteroatoms. The predicted molar refractivity (Wildman–Crippen MR) is 52.9 cm³/mol. The molecule has 0 saturated carbocycles. The Morgan fingerprint density at radius 1 is 1.20 bits per heavy atom. The first-order chi connectivity index (χ1) is 6.40. The van der Waals surface area contributed by atoms with E-state index >= 15 is 0 Å². The minimum Gasteiger partial charge on any atom is -1.00 e. The summed E-state index contributed by atoms with van der Waals surface area (Å²) in [6, 6.07) is 0. The van der Waals surface area contributed by atoms with Crippen LogP contribution < -0.4 is 24.8 Å². The molecule has 0 bridgehead atoms. The Hall–Kier alpha value is 0.423. The molecule has 80 valence electrons. The van der Waals surface area contributed by atoms with E-state index in [9.17, 15) is 0 Å². The normalized spacial score (nSPS) is 17.0. The van der Waals surface area contributed by atoms with Crippen molar-refractivity contribution in [3.05, 3.63) is 42.5 Å². The second-order valence-electron chi connectivity index (χ2n) is 3.41. The summed E-state index contributed by atoms with van der Waals surface area (Å²) in [6.07, 6.45) is 15.2. The van der Waals surface area contributed by atoms with Gasteiger partial charge in [-0.2, -0.15) is 0 Å². The van der Waals surface area contributed by atoms with Crippen LogP contribution in [0.3, 0.4) is 0 Å². The first-order valence-electron chi connectivity index (χ1n) is 4.91. The third-order valence-corrected chi connectivity index (χ3v) is 6.23. The zero-order chi connectivity index (χ0) is 9.10. The molecule has 2 aliphatic rings. The Labute approximate surface area is 116 Å². The van der Waals surface area contributed by atoms with Crippen molar-refractivity contribution in [3.63, 3.8) is 0 Å². The van der Waals surface area contributed by atoms with E-state index in [1.54, 1.807) is 12.1 Å². The van der Waals surface area contributed by atoms with E-state index in [1.807, 2.05) is 0 Å². The van der Waals surface area contributed by atoms with Crippen LogP contribution in [0, 0.1) is 0 Å². The van der Waals surface area contributed by atoms with Gasteiger partial charge in [0, 0.05) is 0 Å². The molecule has 0 aromatic heterocycles. The van der Waals surface area contributed by atoms with E-state index in [-0.39, 0.29) is 48.0 Å². The van der Waals surface area contributed by atoms with Gasteiger partial charge in [0.2, 0.25) is 0 Å². The monoisotopic (exact) mass is 318 g/mol. The van der Waals surface area contributed by atoms with E-state index in [0.29, 0.717) is 0 Å². The van der Waals surface area contributed by atoms with Crippen LogP contribution in [0.4, 0.5) is 0 Å². The SMILES string of the molecule is CCC1=[C]([Zr+2][C]2=CC=CC2)CC=C1.[Cl-].[Cl-]. The number of halogens is 2. The van der Waals surface area contributed by atoms with E-state index in [0.717, 1.165) is 0 Å². The summed E-state index contributed by atoms with van der Waals surface area (Å²) in [6.45, 7) is 2.27. The van der Waals surface area contributed by atoms with Gasteiger partial charge in [0.1, 0.15) is 0 Å². The number of allylic oxidation sites excluding steroid dienone is 8. The minimum absolute atomic E-state index is 0. The molecular formula is C12H14Cl2Zr. The third kappa shape index (κ3) is 4.06. The van der Waals surface area contributed by atoms with Crippen LogP contribution >= 0.6 is 0 Å². The fourth-order valence-corrected chi connectivity index (χ4v) is 5.26. The topological polar surface area (TPSA) is 0 Å². The van der Waals surface area contributed by atoms with Crippen molar-refractivity contribution in [1.82, 2.24) is 0 Å². The summed E-state index contributed by atoms with van der Waals surface area (Å²) < 4.78 is 3.55. The zero-order valence-electron chi connectivity index (χ0n) is 8.76. The molecule has 0 heterocycles. The summed E-state index contributed by atoms with van der Waals surface area (Å²) in [7, 11) is 0. The van der Waals surface area contributed by atoms with E-state index in [4.69, 9.17) is 0 Å². The van der Waals surface area contributed by atoms with E-state index < -0.39 is 0 Å². The van der Waals surface area contributed by atoms with Crippen molar-refractivity contribution in [2.24, 2.45) is 0 Å². The van der Waals surface area contributed by atoms with E-state index in [1.165, 1.54) is 19.3 Å². The van der Waals surface area contributed by atoms with Crippen LogP contribution in [0.1, 0.15) is 26.2 Å². The molecule has 0 nitrogen and oxygen atoms in total.